The molecule has 23 heavy (non-hydrogen) atoms. The van der Waals surface area contributed by atoms with Gasteiger partial charge in [0, 0.05) is 19.5 Å². The summed E-state index contributed by atoms with van der Waals surface area (Å²) in [4.78, 5) is 17.0. The topological polar surface area (TPSA) is 68.2 Å². The third-order valence-electron chi connectivity index (χ3n) is 4.35. The Hall–Kier alpha value is -2.18. The smallest absolute Gasteiger partial charge is 0.259 e. The molecule has 1 aliphatic rings. The predicted molar refractivity (Wildman–Crippen MR) is 88.2 cm³/mol. The standard InChI is InChI=1S/C17H22N4O2/c1-23-17(7-9-18-10-8-17)15(22)20-16-19-11-12-21(16)13-14-5-3-2-4-6-14/h2-6,11-12,18H,7-10,13H2,1H3,(H,19,20,22). The molecule has 0 spiro atoms. The van der Waals surface area contributed by atoms with E-state index in [1.54, 1.807) is 13.3 Å². The monoisotopic (exact) mass is 314 g/mol. The number of carbonyl (C=O) groups is 1. The highest BCUT2D eigenvalue weighted by Gasteiger charge is 2.40. The summed E-state index contributed by atoms with van der Waals surface area (Å²) in [5.41, 5.74) is 0.388. The van der Waals surface area contributed by atoms with Gasteiger partial charge in [0.15, 0.2) is 0 Å². The van der Waals surface area contributed by atoms with Gasteiger partial charge >= 0.3 is 0 Å². The molecule has 1 aliphatic heterocycles. The lowest BCUT2D eigenvalue weighted by atomic mass is 9.91. The highest BCUT2D eigenvalue weighted by Crippen LogP contribution is 2.24. The Kier molecular flexibility index (Phi) is 4.73. The van der Waals surface area contributed by atoms with Gasteiger partial charge in [-0.05, 0) is 31.5 Å². The van der Waals surface area contributed by atoms with Gasteiger partial charge in [-0.25, -0.2) is 4.98 Å². The lowest BCUT2D eigenvalue weighted by Gasteiger charge is -2.34. The summed E-state index contributed by atoms with van der Waals surface area (Å²) in [5, 5.41) is 6.18. The summed E-state index contributed by atoms with van der Waals surface area (Å²) in [7, 11) is 1.60. The van der Waals surface area contributed by atoms with E-state index in [1.165, 1.54) is 0 Å². The average molecular weight is 314 g/mol. The molecule has 1 fully saturated rings. The fraction of sp³-hybridized carbons (Fsp3) is 0.412. The van der Waals surface area contributed by atoms with Crippen molar-refractivity contribution in [3.8, 4) is 0 Å². The third kappa shape index (κ3) is 3.43. The SMILES string of the molecule is COC1(C(=O)Nc2nccn2Cc2ccccc2)CCNCC1. The van der Waals surface area contributed by atoms with E-state index in [2.05, 4.69) is 27.8 Å². The van der Waals surface area contributed by atoms with Crippen molar-refractivity contribution in [2.24, 2.45) is 0 Å². The molecular weight excluding hydrogens is 292 g/mol. The molecule has 0 radical (unpaired) electrons. The number of hydrogen-bond donors (Lipinski definition) is 2. The first-order chi connectivity index (χ1) is 11.2. The van der Waals surface area contributed by atoms with Crippen molar-refractivity contribution in [3.63, 3.8) is 0 Å². The summed E-state index contributed by atoms with van der Waals surface area (Å²) in [6.45, 7) is 2.22. The maximum absolute atomic E-state index is 12.7. The Labute approximate surface area is 135 Å². The fourth-order valence-electron chi connectivity index (χ4n) is 2.91. The molecule has 3 rings (SSSR count). The van der Waals surface area contributed by atoms with E-state index in [1.807, 2.05) is 29.0 Å². The zero-order valence-electron chi connectivity index (χ0n) is 13.3. The Morgan fingerprint density at radius 2 is 2.09 bits per heavy atom. The highest BCUT2D eigenvalue weighted by molar-refractivity contribution is 5.96. The van der Waals surface area contributed by atoms with Crippen LogP contribution in [0.25, 0.3) is 0 Å². The van der Waals surface area contributed by atoms with Crippen molar-refractivity contribution in [2.45, 2.75) is 25.0 Å². The molecule has 1 aromatic carbocycles. The number of hydrogen-bond acceptors (Lipinski definition) is 4. The molecule has 2 heterocycles. The summed E-state index contributed by atoms with van der Waals surface area (Å²) >= 11 is 0. The van der Waals surface area contributed by atoms with Gasteiger partial charge in [-0.1, -0.05) is 30.3 Å². The van der Waals surface area contributed by atoms with Crippen LogP contribution >= 0.6 is 0 Å². The molecule has 0 atom stereocenters. The number of nitrogens with one attached hydrogen (secondary N) is 2. The van der Waals surface area contributed by atoms with Crippen LogP contribution in [0.1, 0.15) is 18.4 Å². The molecule has 1 amide bonds. The number of aromatic nitrogens is 2. The van der Waals surface area contributed by atoms with Gasteiger partial charge in [0.1, 0.15) is 5.60 Å². The van der Waals surface area contributed by atoms with E-state index in [9.17, 15) is 4.79 Å². The number of nitrogens with zero attached hydrogens (tertiary/aromatic N) is 2. The zero-order valence-corrected chi connectivity index (χ0v) is 13.3. The van der Waals surface area contributed by atoms with E-state index >= 15 is 0 Å². The number of methoxy groups -OCH3 is 1. The second-order valence-corrected chi connectivity index (χ2v) is 5.77. The Morgan fingerprint density at radius 3 is 2.78 bits per heavy atom. The van der Waals surface area contributed by atoms with Crippen molar-refractivity contribution < 1.29 is 9.53 Å². The number of benzene rings is 1. The molecule has 2 aromatic rings. The van der Waals surface area contributed by atoms with Crippen LogP contribution in [0.5, 0.6) is 0 Å². The molecule has 1 aromatic heterocycles. The lowest BCUT2D eigenvalue weighted by molar-refractivity contribution is -0.140. The first kappa shape index (κ1) is 15.7. The maximum atomic E-state index is 12.7. The number of imidazole rings is 1. The van der Waals surface area contributed by atoms with Gasteiger partial charge in [-0.3, -0.25) is 10.1 Å². The van der Waals surface area contributed by atoms with Crippen LogP contribution in [-0.2, 0) is 16.1 Å². The normalized spacial score (nSPS) is 16.9. The van der Waals surface area contributed by atoms with Crippen LogP contribution in [0.2, 0.25) is 0 Å². The first-order valence-electron chi connectivity index (χ1n) is 7.86. The fourth-order valence-corrected chi connectivity index (χ4v) is 2.91. The van der Waals surface area contributed by atoms with Crippen LogP contribution < -0.4 is 10.6 Å². The third-order valence-corrected chi connectivity index (χ3v) is 4.35. The van der Waals surface area contributed by atoms with E-state index < -0.39 is 5.60 Å². The van der Waals surface area contributed by atoms with Gasteiger partial charge in [0.05, 0.1) is 6.54 Å². The molecule has 0 aliphatic carbocycles. The van der Waals surface area contributed by atoms with Gasteiger partial charge < -0.3 is 14.6 Å². The minimum Gasteiger partial charge on any atom is -0.368 e. The number of rotatable bonds is 5. The minimum absolute atomic E-state index is 0.123. The van der Waals surface area contributed by atoms with Crippen LogP contribution in [-0.4, -0.2) is 41.3 Å². The van der Waals surface area contributed by atoms with Crippen molar-refractivity contribution in [2.75, 3.05) is 25.5 Å². The van der Waals surface area contributed by atoms with Crippen molar-refractivity contribution >= 4 is 11.9 Å². The molecule has 122 valence electrons. The van der Waals surface area contributed by atoms with Gasteiger partial charge in [0.25, 0.3) is 5.91 Å². The Morgan fingerprint density at radius 1 is 1.35 bits per heavy atom. The van der Waals surface area contributed by atoms with Crippen molar-refractivity contribution in [1.29, 1.82) is 0 Å². The van der Waals surface area contributed by atoms with Crippen LogP contribution in [0, 0.1) is 0 Å². The Balaban J connectivity index is 1.73. The first-order valence-corrected chi connectivity index (χ1v) is 7.86. The molecule has 6 heteroatoms. The molecule has 0 unspecified atom stereocenters. The number of piperidine rings is 1. The van der Waals surface area contributed by atoms with Crippen LogP contribution in [0.4, 0.5) is 5.95 Å². The van der Waals surface area contributed by atoms with Crippen LogP contribution in [0.15, 0.2) is 42.7 Å². The highest BCUT2D eigenvalue weighted by atomic mass is 16.5. The zero-order chi connectivity index (χ0) is 16.1. The van der Waals surface area contributed by atoms with Crippen LogP contribution in [0.3, 0.4) is 0 Å². The summed E-state index contributed by atoms with van der Waals surface area (Å²) < 4.78 is 7.49. The van der Waals surface area contributed by atoms with E-state index in [0.29, 0.717) is 25.3 Å². The second-order valence-electron chi connectivity index (χ2n) is 5.77. The molecule has 2 N–H and O–H groups in total. The summed E-state index contributed by atoms with van der Waals surface area (Å²) in [5.74, 6) is 0.427. The van der Waals surface area contributed by atoms with E-state index in [4.69, 9.17) is 4.74 Å². The lowest BCUT2D eigenvalue weighted by Crippen LogP contribution is -2.52. The molecule has 0 bridgehead atoms. The molecule has 0 saturated carbocycles. The number of carbonyl (C=O) groups excluding carboxylic acids is 1. The summed E-state index contributed by atoms with van der Waals surface area (Å²) in [6.07, 6.45) is 4.88. The quantitative estimate of drug-likeness (QED) is 0.880. The number of anilines is 1. The maximum Gasteiger partial charge on any atom is 0.259 e. The van der Waals surface area contributed by atoms with Crippen molar-refractivity contribution in [3.05, 3.63) is 48.3 Å². The number of ether oxygens (including phenoxy) is 1. The van der Waals surface area contributed by atoms with Gasteiger partial charge in [-0.2, -0.15) is 0 Å². The van der Waals surface area contributed by atoms with Gasteiger partial charge in [-0.15, -0.1) is 0 Å². The van der Waals surface area contributed by atoms with Crippen molar-refractivity contribution in [1.82, 2.24) is 14.9 Å². The minimum atomic E-state index is -0.769. The molecular formula is C17H22N4O2. The Bertz CT molecular complexity index is 648. The largest absolute Gasteiger partial charge is 0.368 e. The second kappa shape index (κ2) is 6.93. The summed E-state index contributed by atoms with van der Waals surface area (Å²) in [6, 6.07) is 10.1. The predicted octanol–water partition coefficient (Wildman–Crippen LogP) is 1.64. The number of amides is 1. The van der Waals surface area contributed by atoms with E-state index in [0.717, 1.165) is 18.7 Å². The van der Waals surface area contributed by atoms with E-state index in [-0.39, 0.29) is 5.91 Å². The molecule has 1 saturated heterocycles. The van der Waals surface area contributed by atoms with Gasteiger partial charge in [0.2, 0.25) is 5.95 Å². The molecule has 6 nitrogen and oxygen atoms in total. The average Bonchev–Trinajstić information content (AvgIpc) is 3.03.